The second-order valence-electron chi connectivity index (χ2n) is 9.68. The summed E-state index contributed by atoms with van der Waals surface area (Å²) in [6.07, 6.45) is 15.0. The number of aromatic hydroxyl groups is 4. The van der Waals surface area contributed by atoms with Crippen LogP contribution in [0.25, 0.3) is 34.2 Å². The summed E-state index contributed by atoms with van der Waals surface area (Å²) in [7, 11) is 0. The van der Waals surface area contributed by atoms with Crippen LogP contribution < -0.4 is 0 Å². The van der Waals surface area contributed by atoms with Crippen molar-refractivity contribution in [1.82, 2.24) is 29.9 Å². The molecule has 6 heterocycles. The highest BCUT2D eigenvalue weighted by Crippen LogP contribution is 2.22. The van der Waals surface area contributed by atoms with Crippen molar-refractivity contribution < 1.29 is 20.4 Å². The van der Waals surface area contributed by atoms with Crippen molar-refractivity contribution in [2.45, 2.75) is 12.8 Å². The minimum absolute atomic E-state index is 0.125. The zero-order valence-corrected chi connectivity index (χ0v) is 24.8. The Morgan fingerprint density at radius 3 is 0.870 bits per heavy atom. The summed E-state index contributed by atoms with van der Waals surface area (Å²) in [5, 5.41) is 36.9. The fraction of sp³-hybridized carbons (Fsp3) is 0.0556. The zero-order valence-electron chi connectivity index (χ0n) is 24.8. The number of hydrogen-bond donors (Lipinski definition) is 4. The Balaban J connectivity index is 0.000000158. The minimum Gasteiger partial charge on any atom is -0.508 e. The minimum atomic E-state index is 0.125. The van der Waals surface area contributed by atoms with Crippen molar-refractivity contribution in [1.29, 1.82) is 0 Å². The molecule has 6 aromatic rings. The largest absolute Gasteiger partial charge is 0.508 e. The third-order valence-corrected chi connectivity index (χ3v) is 6.17. The van der Waals surface area contributed by atoms with Crippen LogP contribution in [0.2, 0.25) is 0 Å². The molecule has 0 aromatic carbocycles. The van der Waals surface area contributed by atoms with Gasteiger partial charge in [-0.3, -0.25) is 29.9 Å². The van der Waals surface area contributed by atoms with Crippen LogP contribution in [0.15, 0.2) is 135 Å². The van der Waals surface area contributed by atoms with Crippen molar-refractivity contribution in [3.63, 3.8) is 0 Å². The van der Waals surface area contributed by atoms with Gasteiger partial charge in [-0.05, 0) is 72.5 Å². The first-order chi connectivity index (χ1) is 22.3. The van der Waals surface area contributed by atoms with Gasteiger partial charge in [0.2, 0.25) is 0 Å². The van der Waals surface area contributed by atoms with Crippen molar-refractivity contribution >= 4 is 0 Å². The van der Waals surface area contributed by atoms with Crippen molar-refractivity contribution in [2.24, 2.45) is 0 Å². The molecule has 10 nitrogen and oxygen atoms in total. The monoisotopic (exact) mass is 612 g/mol. The van der Waals surface area contributed by atoms with E-state index in [4.69, 9.17) is 0 Å². The van der Waals surface area contributed by atoms with E-state index in [-0.39, 0.29) is 23.0 Å². The number of aromatic nitrogens is 6. The van der Waals surface area contributed by atoms with Crippen LogP contribution in [0.3, 0.4) is 0 Å². The molecule has 0 saturated heterocycles. The summed E-state index contributed by atoms with van der Waals surface area (Å²) in [5.74, 6) is 0.501. The summed E-state index contributed by atoms with van der Waals surface area (Å²) in [6, 6.07) is 20.0. The Kier molecular flexibility index (Phi) is 11.6. The first kappa shape index (κ1) is 32.5. The average molecular weight is 613 g/mol. The van der Waals surface area contributed by atoms with Crippen molar-refractivity contribution in [2.75, 3.05) is 0 Å². The molecule has 10 heteroatoms. The quantitative estimate of drug-likeness (QED) is 0.143. The molecule has 4 N–H and O–H groups in total. The molecule has 0 fully saturated rings. The van der Waals surface area contributed by atoms with Gasteiger partial charge in [0.15, 0.2) is 0 Å². The van der Waals surface area contributed by atoms with Crippen LogP contribution in [0, 0.1) is 0 Å². The van der Waals surface area contributed by atoms with Gasteiger partial charge in [0, 0.05) is 61.4 Å². The van der Waals surface area contributed by atoms with Gasteiger partial charge in [0.25, 0.3) is 0 Å². The van der Waals surface area contributed by atoms with E-state index in [1.165, 1.54) is 84.4 Å². The van der Waals surface area contributed by atoms with E-state index in [2.05, 4.69) is 55.2 Å². The van der Waals surface area contributed by atoms with Crippen LogP contribution in [-0.4, -0.2) is 50.3 Å². The fourth-order valence-corrected chi connectivity index (χ4v) is 4.05. The van der Waals surface area contributed by atoms with E-state index in [0.717, 1.165) is 24.2 Å². The van der Waals surface area contributed by atoms with Crippen LogP contribution in [-0.2, 0) is 12.8 Å². The summed E-state index contributed by atoms with van der Waals surface area (Å²) in [4.78, 5) is 24.8. The fourth-order valence-electron chi connectivity index (χ4n) is 4.05. The lowest BCUT2D eigenvalue weighted by Crippen LogP contribution is -1.91. The van der Waals surface area contributed by atoms with E-state index in [9.17, 15) is 20.4 Å². The Hall–Kier alpha value is -6.42. The predicted molar refractivity (Wildman–Crippen MR) is 177 cm³/mol. The molecular weight excluding hydrogens is 580 g/mol. The molecule has 0 amide bonds. The smallest absolute Gasteiger partial charge is 0.119 e. The summed E-state index contributed by atoms with van der Waals surface area (Å²) < 4.78 is 0. The van der Waals surface area contributed by atoms with Crippen LogP contribution in [0.5, 0.6) is 23.0 Å². The molecule has 0 aliphatic rings. The lowest BCUT2D eigenvalue weighted by molar-refractivity contribution is 0.473. The van der Waals surface area contributed by atoms with Gasteiger partial charge in [-0.2, -0.15) is 0 Å². The number of pyridine rings is 6. The molecule has 0 bridgehead atoms. The second kappa shape index (κ2) is 16.4. The van der Waals surface area contributed by atoms with Gasteiger partial charge < -0.3 is 20.4 Å². The summed E-state index contributed by atoms with van der Waals surface area (Å²) in [6.45, 7) is 7.50. The lowest BCUT2D eigenvalue weighted by atomic mass is 10.1. The summed E-state index contributed by atoms with van der Waals surface area (Å²) in [5.41, 5.74) is 6.32. The number of allylic oxidation sites excluding steroid dienone is 2. The van der Waals surface area contributed by atoms with Gasteiger partial charge >= 0.3 is 0 Å². The third-order valence-electron chi connectivity index (χ3n) is 6.17. The molecule has 6 aromatic heterocycles. The number of nitrogens with zero attached hydrogens (tertiary/aromatic N) is 6. The molecule has 0 aliphatic heterocycles. The molecule has 0 atom stereocenters. The zero-order chi connectivity index (χ0) is 32.7. The molecule has 0 saturated carbocycles. The third kappa shape index (κ3) is 9.81. The average Bonchev–Trinajstić information content (AvgIpc) is 3.06. The highest BCUT2D eigenvalue weighted by Gasteiger charge is 2.04. The van der Waals surface area contributed by atoms with Gasteiger partial charge in [0.05, 0.1) is 34.2 Å². The topological polar surface area (TPSA) is 158 Å². The van der Waals surface area contributed by atoms with Gasteiger partial charge in [-0.15, -0.1) is 13.2 Å². The van der Waals surface area contributed by atoms with E-state index in [0.29, 0.717) is 22.8 Å². The van der Waals surface area contributed by atoms with Gasteiger partial charge in [-0.1, -0.05) is 12.2 Å². The molecule has 6 rings (SSSR count). The number of hydrogen-bond acceptors (Lipinski definition) is 10. The Morgan fingerprint density at radius 2 is 0.630 bits per heavy atom. The molecule has 0 aliphatic carbocycles. The Bertz CT molecular complexity index is 1690. The standard InChI is InChI=1S/C16H16N2.2C10H8N2O2/c1-3-5-13-7-9-17-15(11-13)16-12-14(6-4-2)8-10-18-16;2*13-7-1-3-11-9(5-7)10-6-8(14)2-4-12-10/h3-4,7-12H,1-2,5-6H2;2*1-6H,(H,11,13)(H,12,14). The molecule has 230 valence electrons. The molecule has 46 heavy (non-hydrogen) atoms. The van der Waals surface area contributed by atoms with Crippen LogP contribution >= 0.6 is 0 Å². The predicted octanol–water partition coefficient (Wildman–Crippen LogP) is 6.71. The maximum absolute atomic E-state index is 9.21. The van der Waals surface area contributed by atoms with E-state index < -0.39 is 0 Å². The van der Waals surface area contributed by atoms with Gasteiger partial charge in [0.1, 0.15) is 23.0 Å². The molecule has 0 unspecified atom stereocenters. The highest BCUT2D eigenvalue weighted by molar-refractivity contribution is 5.58. The first-order valence-electron chi connectivity index (χ1n) is 14.1. The van der Waals surface area contributed by atoms with Crippen molar-refractivity contribution in [3.8, 4) is 57.2 Å². The maximum Gasteiger partial charge on any atom is 0.119 e. The van der Waals surface area contributed by atoms with E-state index in [1.807, 2.05) is 36.7 Å². The maximum atomic E-state index is 9.21. The Labute approximate surface area is 266 Å². The summed E-state index contributed by atoms with van der Waals surface area (Å²) >= 11 is 0. The van der Waals surface area contributed by atoms with Crippen molar-refractivity contribution in [3.05, 3.63) is 146 Å². The van der Waals surface area contributed by atoms with Crippen LogP contribution in [0.1, 0.15) is 11.1 Å². The van der Waals surface area contributed by atoms with E-state index >= 15 is 0 Å². The molecule has 0 spiro atoms. The lowest BCUT2D eigenvalue weighted by Gasteiger charge is -2.04. The molecular formula is C36H32N6O4. The molecule has 0 radical (unpaired) electrons. The SMILES string of the molecule is C=CCc1ccnc(-c2cc(CC=C)ccn2)c1.Oc1ccnc(-c2cc(O)ccn2)c1.Oc1ccnc(-c2cc(O)ccn2)c1. The normalized spacial score (nSPS) is 10.0. The second-order valence-corrected chi connectivity index (χ2v) is 9.68. The Morgan fingerprint density at radius 1 is 0.391 bits per heavy atom. The van der Waals surface area contributed by atoms with Crippen LogP contribution in [0.4, 0.5) is 0 Å². The first-order valence-corrected chi connectivity index (χ1v) is 14.1. The van der Waals surface area contributed by atoms with E-state index in [1.54, 1.807) is 0 Å². The highest BCUT2D eigenvalue weighted by atomic mass is 16.3. The van der Waals surface area contributed by atoms with Gasteiger partial charge in [-0.25, -0.2) is 0 Å². The number of rotatable bonds is 7.